The van der Waals surface area contributed by atoms with Crippen LogP contribution < -0.4 is 0 Å². The Labute approximate surface area is 141 Å². The molecule has 0 radical (unpaired) electrons. The van der Waals surface area contributed by atoms with Crippen LogP contribution in [0.2, 0.25) is 0 Å². The molecule has 7 heteroatoms. The van der Waals surface area contributed by atoms with E-state index in [1.54, 1.807) is 16.9 Å². The van der Waals surface area contributed by atoms with Gasteiger partial charge in [-0.25, -0.2) is 0 Å². The molecule has 0 bridgehead atoms. The smallest absolute Gasteiger partial charge is 0.272 e. The lowest BCUT2D eigenvalue weighted by Gasteiger charge is -2.42. The number of aryl methyl sites for hydroxylation is 1. The van der Waals surface area contributed by atoms with Crippen molar-refractivity contribution in [2.24, 2.45) is 0 Å². The molecular weight excluding hydrogens is 306 g/mol. The van der Waals surface area contributed by atoms with Crippen molar-refractivity contribution in [2.45, 2.75) is 64.0 Å². The second kappa shape index (κ2) is 5.72. The molecule has 4 rings (SSSR count). The summed E-state index contributed by atoms with van der Waals surface area (Å²) in [7, 11) is 0. The van der Waals surface area contributed by atoms with Gasteiger partial charge in [0.25, 0.3) is 5.91 Å². The molecule has 1 aliphatic heterocycles. The van der Waals surface area contributed by atoms with E-state index >= 15 is 0 Å². The first kappa shape index (κ1) is 15.4. The summed E-state index contributed by atoms with van der Waals surface area (Å²) in [5, 5.41) is 8.45. The van der Waals surface area contributed by atoms with E-state index in [2.05, 4.69) is 22.2 Å². The van der Waals surface area contributed by atoms with Crippen LogP contribution in [0.15, 0.2) is 16.8 Å². The van der Waals surface area contributed by atoms with Gasteiger partial charge in [-0.2, -0.15) is 10.1 Å². The van der Waals surface area contributed by atoms with Crippen molar-refractivity contribution in [3.8, 4) is 0 Å². The summed E-state index contributed by atoms with van der Waals surface area (Å²) >= 11 is 0. The number of hydrogen-bond acceptors (Lipinski definition) is 5. The Bertz CT molecular complexity index is 748. The molecule has 2 aliphatic rings. The van der Waals surface area contributed by atoms with Crippen molar-refractivity contribution in [2.75, 3.05) is 6.54 Å². The van der Waals surface area contributed by atoms with Crippen molar-refractivity contribution < 1.29 is 9.32 Å². The van der Waals surface area contributed by atoms with E-state index in [4.69, 9.17) is 4.52 Å². The Hall–Kier alpha value is -2.18. The molecular formula is C17H23N5O2. The Morgan fingerprint density at radius 2 is 2.25 bits per heavy atom. The van der Waals surface area contributed by atoms with Crippen LogP contribution in [-0.2, 0) is 12.1 Å². The lowest BCUT2D eigenvalue weighted by atomic mass is 9.87. The van der Waals surface area contributed by atoms with Crippen molar-refractivity contribution in [3.63, 3.8) is 0 Å². The molecule has 1 saturated heterocycles. The number of carbonyl (C=O) groups is 1. The van der Waals surface area contributed by atoms with Crippen molar-refractivity contribution in [1.82, 2.24) is 24.8 Å². The summed E-state index contributed by atoms with van der Waals surface area (Å²) in [6.07, 6.45) is 6.82. The van der Waals surface area contributed by atoms with E-state index in [9.17, 15) is 4.79 Å². The normalized spacial score (nSPS) is 24.3. The van der Waals surface area contributed by atoms with Crippen molar-refractivity contribution in [3.05, 3.63) is 29.7 Å². The number of aromatic nitrogens is 4. The topological polar surface area (TPSA) is 77.0 Å². The zero-order valence-corrected chi connectivity index (χ0v) is 14.2. The largest absolute Gasteiger partial charge is 0.339 e. The molecule has 0 aromatic carbocycles. The van der Waals surface area contributed by atoms with Crippen LogP contribution in [-0.4, -0.2) is 37.3 Å². The van der Waals surface area contributed by atoms with Gasteiger partial charge in [-0.3, -0.25) is 9.48 Å². The summed E-state index contributed by atoms with van der Waals surface area (Å²) < 4.78 is 7.19. The average Bonchev–Trinajstić information content (AvgIpc) is 3.14. The van der Waals surface area contributed by atoms with Crippen molar-refractivity contribution in [1.29, 1.82) is 0 Å². The Morgan fingerprint density at radius 1 is 1.42 bits per heavy atom. The summed E-state index contributed by atoms with van der Waals surface area (Å²) in [6.45, 7) is 5.42. The van der Waals surface area contributed by atoms with Gasteiger partial charge in [0.2, 0.25) is 5.89 Å². The summed E-state index contributed by atoms with van der Waals surface area (Å²) in [5.41, 5.74) is 0.103. The highest BCUT2D eigenvalue weighted by Gasteiger charge is 2.44. The number of rotatable bonds is 4. The van der Waals surface area contributed by atoms with Gasteiger partial charge in [-0.15, -0.1) is 0 Å². The monoisotopic (exact) mass is 329 g/mol. The van der Waals surface area contributed by atoms with Crippen LogP contribution in [0.25, 0.3) is 0 Å². The van der Waals surface area contributed by atoms with Crippen LogP contribution in [0, 0.1) is 0 Å². The van der Waals surface area contributed by atoms with Gasteiger partial charge in [-0.1, -0.05) is 5.16 Å². The fourth-order valence-corrected chi connectivity index (χ4v) is 3.53. The molecule has 24 heavy (non-hydrogen) atoms. The first-order valence-corrected chi connectivity index (χ1v) is 8.81. The van der Waals surface area contributed by atoms with Crippen LogP contribution in [0.4, 0.5) is 0 Å². The fourth-order valence-electron chi connectivity index (χ4n) is 3.53. The van der Waals surface area contributed by atoms with Gasteiger partial charge in [0.1, 0.15) is 11.2 Å². The molecule has 1 amide bonds. The molecule has 128 valence electrons. The lowest BCUT2D eigenvalue weighted by molar-refractivity contribution is 0.0313. The molecule has 0 spiro atoms. The number of piperidine rings is 1. The highest BCUT2D eigenvalue weighted by molar-refractivity contribution is 5.93. The summed E-state index contributed by atoms with van der Waals surface area (Å²) in [6, 6.07) is 1.78. The maximum Gasteiger partial charge on any atom is 0.272 e. The van der Waals surface area contributed by atoms with E-state index in [1.807, 2.05) is 11.8 Å². The summed E-state index contributed by atoms with van der Waals surface area (Å²) in [5.74, 6) is 1.78. The predicted octanol–water partition coefficient (Wildman–Crippen LogP) is 2.70. The number of carbonyl (C=O) groups excluding carboxylic acids is 1. The van der Waals surface area contributed by atoms with E-state index in [0.717, 1.165) is 38.0 Å². The minimum Gasteiger partial charge on any atom is -0.339 e. The van der Waals surface area contributed by atoms with Crippen LogP contribution in [0.3, 0.4) is 0 Å². The standard InChI is InChI=1S/C17H23N5O2/c1-3-22-13(8-10-18-22)15(23)21-11-5-4-9-17(21,2)16-19-14(24-20-16)12-6-7-12/h8,10,12H,3-7,9,11H2,1-2H3/t17-/m0/s1. The maximum atomic E-state index is 13.2. The molecule has 1 atom stereocenters. The molecule has 0 unspecified atom stereocenters. The average molecular weight is 329 g/mol. The number of likely N-dealkylation sites (tertiary alicyclic amines) is 1. The number of nitrogens with zero attached hydrogens (tertiary/aromatic N) is 5. The third-order valence-electron chi connectivity index (χ3n) is 5.22. The lowest BCUT2D eigenvalue weighted by Crippen LogP contribution is -2.51. The highest BCUT2D eigenvalue weighted by atomic mass is 16.5. The minimum atomic E-state index is -0.519. The Kier molecular flexibility index (Phi) is 3.66. The Balaban J connectivity index is 1.67. The molecule has 2 aromatic rings. The fraction of sp³-hybridized carbons (Fsp3) is 0.647. The second-order valence-corrected chi connectivity index (χ2v) is 6.95. The third kappa shape index (κ3) is 2.42. The first-order chi connectivity index (χ1) is 11.6. The predicted molar refractivity (Wildman–Crippen MR) is 86.4 cm³/mol. The van der Waals surface area contributed by atoms with Gasteiger partial charge < -0.3 is 9.42 Å². The molecule has 1 saturated carbocycles. The van der Waals surface area contributed by atoms with E-state index in [0.29, 0.717) is 30.5 Å². The van der Waals surface area contributed by atoms with Crippen LogP contribution in [0.1, 0.15) is 74.1 Å². The second-order valence-electron chi connectivity index (χ2n) is 6.95. The van der Waals surface area contributed by atoms with Gasteiger partial charge in [0, 0.05) is 25.2 Å². The van der Waals surface area contributed by atoms with E-state index in [-0.39, 0.29) is 5.91 Å². The van der Waals surface area contributed by atoms with E-state index < -0.39 is 5.54 Å². The molecule has 3 heterocycles. The molecule has 1 aliphatic carbocycles. The summed E-state index contributed by atoms with van der Waals surface area (Å²) in [4.78, 5) is 19.7. The molecule has 7 nitrogen and oxygen atoms in total. The number of hydrogen-bond donors (Lipinski definition) is 0. The third-order valence-corrected chi connectivity index (χ3v) is 5.22. The molecule has 2 aromatic heterocycles. The minimum absolute atomic E-state index is 0.00526. The maximum absolute atomic E-state index is 13.2. The van der Waals surface area contributed by atoms with Crippen LogP contribution >= 0.6 is 0 Å². The van der Waals surface area contributed by atoms with Gasteiger partial charge in [-0.05, 0) is 52.0 Å². The van der Waals surface area contributed by atoms with Gasteiger partial charge in [0.05, 0.1) is 0 Å². The molecule has 0 N–H and O–H groups in total. The van der Waals surface area contributed by atoms with Gasteiger partial charge >= 0.3 is 0 Å². The highest BCUT2D eigenvalue weighted by Crippen LogP contribution is 2.42. The quantitative estimate of drug-likeness (QED) is 0.862. The zero-order chi connectivity index (χ0) is 16.7. The van der Waals surface area contributed by atoms with Crippen LogP contribution in [0.5, 0.6) is 0 Å². The number of amides is 1. The first-order valence-electron chi connectivity index (χ1n) is 8.81. The Morgan fingerprint density at radius 3 is 3.00 bits per heavy atom. The van der Waals surface area contributed by atoms with Gasteiger partial charge in [0.15, 0.2) is 5.82 Å². The van der Waals surface area contributed by atoms with Crippen molar-refractivity contribution >= 4 is 5.91 Å². The SMILES string of the molecule is CCn1nccc1C(=O)N1CCCC[C@@]1(C)c1noc(C2CC2)n1. The zero-order valence-electron chi connectivity index (χ0n) is 14.2. The molecule has 2 fully saturated rings. The van der Waals surface area contributed by atoms with E-state index in [1.165, 1.54) is 0 Å².